The number of carbonyl (C=O) groups is 2. The van der Waals surface area contributed by atoms with Crippen LogP contribution in [0.5, 0.6) is 0 Å². The van der Waals surface area contributed by atoms with Gasteiger partial charge in [-0.05, 0) is 19.8 Å². The van der Waals surface area contributed by atoms with Crippen molar-refractivity contribution in [2.75, 3.05) is 26.2 Å². The molecule has 1 unspecified atom stereocenters. The molecule has 1 aromatic rings. The minimum atomic E-state index is -4.00. The summed E-state index contributed by atoms with van der Waals surface area (Å²) in [6.45, 7) is 7.78. The zero-order valence-corrected chi connectivity index (χ0v) is 16.4. The number of piperazine rings is 1. The van der Waals surface area contributed by atoms with Crippen LogP contribution in [0.2, 0.25) is 0 Å². The van der Waals surface area contributed by atoms with E-state index in [1.165, 1.54) is 18.2 Å². The summed E-state index contributed by atoms with van der Waals surface area (Å²) in [5.74, 6) is -0.886. The zero-order chi connectivity index (χ0) is 19.6. The van der Waals surface area contributed by atoms with Crippen molar-refractivity contribution in [3.8, 4) is 0 Å². The van der Waals surface area contributed by atoms with Crippen molar-refractivity contribution in [2.24, 2.45) is 5.92 Å². The summed E-state index contributed by atoms with van der Waals surface area (Å²) in [5, 5.41) is 9.35. The van der Waals surface area contributed by atoms with Crippen molar-refractivity contribution >= 4 is 21.9 Å². The fraction of sp³-hybridized carbons (Fsp3) is 0.647. The largest absolute Gasteiger partial charge is 0.478 e. The Kier molecular flexibility index (Phi) is 6.13. The molecular weight excluding hydrogens is 360 g/mol. The van der Waals surface area contributed by atoms with Crippen LogP contribution < -0.4 is 0 Å². The van der Waals surface area contributed by atoms with E-state index in [0.717, 1.165) is 6.42 Å². The van der Waals surface area contributed by atoms with Gasteiger partial charge in [-0.1, -0.05) is 20.3 Å². The van der Waals surface area contributed by atoms with Crippen LogP contribution in [0.25, 0.3) is 0 Å². The van der Waals surface area contributed by atoms with Crippen molar-refractivity contribution in [1.82, 2.24) is 9.21 Å². The molecule has 26 heavy (non-hydrogen) atoms. The fourth-order valence-corrected chi connectivity index (χ4v) is 4.90. The Labute approximate surface area is 153 Å². The van der Waals surface area contributed by atoms with Crippen LogP contribution >= 0.6 is 0 Å². The van der Waals surface area contributed by atoms with E-state index in [-0.39, 0.29) is 41.0 Å². The molecular formula is C17H26N2O6S. The Morgan fingerprint density at radius 3 is 2.23 bits per heavy atom. The van der Waals surface area contributed by atoms with Gasteiger partial charge >= 0.3 is 5.97 Å². The molecule has 1 aliphatic rings. The van der Waals surface area contributed by atoms with Crippen molar-refractivity contribution < 1.29 is 27.5 Å². The van der Waals surface area contributed by atoms with Crippen LogP contribution in [-0.4, -0.2) is 60.8 Å². The molecule has 0 aliphatic carbocycles. The van der Waals surface area contributed by atoms with Crippen LogP contribution in [0.15, 0.2) is 9.31 Å². The molecule has 2 heterocycles. The molecule has 0 aromatic carbocycles. The SMILES string of the molecule is CCC(C)CC(=O)N1CCN(S(=O)(=O)c2c(C)oc(C)c2C(=O)O)CC1. The van der Waals surface area contributed by atoms with E-state index in [2.05, 4.69) is 0 Å². The number of carboxylic acids is 1. The maximum atomic E-state index is 12.9. The van der Waals surface area contributed by atoms with Gasteiger partial charge in [0.1, 0.15) is 22.0 Å². The first-order valence-electron chi connectivity index (χ1n) is 8.70. The van der Waals surface area contributed by atoms with Gasteiger partial charge in [-0.15, -0.1) is 0 Å². The van der Waals surface area contributed by atoms with Crippen molar-refractivity contribution in [1.29, 1.82) is 0 Å². The molecule has 1 saturated heterocycles. The van der Waals surface area contributed by atoms with Crippen LogP contribution in [0.1, 0.15) is 48.6 Å². The van der Waals surface area contributed by atoms with E-state index >= 15 is 0 Å². The van der Waals surface area contributed by atoms with E-state index in [9.17, 15) is 23.1 Å². The van der Waals surface area contributed by atoms with Crippen LogP contribution in [0, 0.1) is 19.8 Å². The van der Waals surface area contributed by atoms with Gasteiger partial charge in [0.2, 0.25) is 15.9 Å². The lowest BCUT2D eigenvalue weighted by atomic mass is 10.0. The zero-order valence-electron chi connectivity index (χ0n) is 15.6. The van der Waals surface area contributed by atoms with Gasteiger partial charge in [-0.25, -0.2) is 13.2 Å². The first-order chi connectivity index (χ1) is 12.1. The van der Waals surface area contributed by atoms with Crippen LogP contribution in [0.4, 0.5) is 0 Å². The summed E-state index contributed by atoms with van der Waals surface area (Å²) in [5.41, 5.74) is -0.322. The van der Waals surface area contributed by atoms with Crippen molar-refractivity contribution in [2.45, 2.75) is 45.4 Å². The second-order valence-corrected chi connectivity index (χ2v) is 8.60. The molecule has 0 bridgehead atoms. The molecule has 1 aliphatic heterocycles. The van der Waals surface area contributed by atoms with Crippen molar-refractivity contribution in [3.63, 3.8) is 0 Å². The molecule has 1 amide bonds. The maximum absolute atomic E-state index is 12.9. The summed E-state index contributed by atoms with van der Waals surface area (Å²) in [7, 11) is -4.00. The second-order valence-electron chi connectivity index (χ2n) is 6.73. The number of sulfonamides is 1. The number of furan rings is 1. The third-order valence-electron chi connectivity index (χ3n) is 4.83. The number of carboxylic acid groups (broad SMARTS) is 1. The minimum absolute atomic E-state index is 0.0259. The smallest absolute Gasteiger partial charge is 0.340 e. The molecule has 1 N–H and O–H groups in total. The summed E-state index contributed by atoms with van der Waals surface area (Å²) in [4.78, 5) is 25.1. The van der Waals surface area contributed by atoms with Crippen LogP contribution in [0.3, 0.4) is 0 Å². The van der Waals surface area contributed by atoms with Gasteiger partial charge in [0.25, 0.3) is 0 Å². The second kappa shape index (κ2) is 7.79. The Hall–Kier alpha value is -1.87. The average Bonchev–Trinajstić information content (AvgIpc) is 2.89. The third kappa shape index (κ3) is 3.93. The van der Waals surface area contributed by atoms with E-state index < -0.39 is 16.0 Å². The summed E-state index contributed by atoms with van der Waals surface area (Å²) >= 11 is 0. The quantitative estimate of drug-likeness (QED) is 0.799. The lowest BCUT2D eigenvalue weighted by Crippen LogP contribution is -2.50. The lowest BCUT2D eigenvalue weighted by molar-refractivity contribution is -0.133. The number of aryl methyl sites for hydroxylation is 2. The third-order valence-corrected chi connectivity index (χ3v) is 6.88. The van der Waals surface area contributed by atoms with Crippen LogP contribution in [-0.2, 0) is 14.8 Å². The maximum Gasteiger partial charge on any atom is 0.340 e. The average molecular weight is 386 g/mol. The topological polar surface area (TPSA) is 108 Å². The van der Waals surface area contributed by atoms with E-state index in [4.69, 9.17) is 4.42 Å². The number of hydrogen-bond donors (Lipinski definition) is 1. The highest BCUT2D eigenvalue weighted by atomic mass is 32.2. The fourth-order valence-electron chi connectivity index (χ4n) is 3.10. The molecule has 9 heteroatoms. The van der Waals surface area contributed by atoms with Crippen molar-refractivity contribution in [3.05, 3.63) is 17.1 Å². The van der Waals surface area contributed by atoms with Gasteiger partial charge in [-0.3, -0.25) is 4.79 Å². The summed E-state index contributed by atoms with van der Waals surface area (Å²) in [6, 6.07) is 0. The summed E-state index contributed by atoms with van der Waals surface area (Å²) < 4.78 is 32.4. The predicted molar refractivity (Wildman–Crippen MR) is 94.6 cm³/mol. The highest BCUT2D eigenvalue weighted by molar-refractivity contribution is 7.89. The molecule has 1 atom stereocenters. The molecule has 2 rings (SSSR count). The normalized spacial score (nSPS) is 17.3. The monoisotopic (exact) mass is 386 g/mol. The number of rotatable bonds is 6. The van der Waals surface area contributed by atoms with Gasteiger partial charge < -0.3 is 14.4 Å². The number of aromatic carboxylic acids is 1. The summed E-state index contributed by atoms with van der Waals surface area (Å²) in [6.07, 6.45) is 1.36. The minimum Gasteiger partial charge on any atom is -0.478 e. The molecule has 8 nitrogen and oxygen atoms in total. The van der Waals surface area contributed by atoms with Gasteiger partial charge in [0.15, 0.2) is 0 Å². The Balaban J connectivity index is 2.17. The van der Waals surface area contributed by atoms with E-state index in [1.54, 1.807) is 4.90 Å². The van der Waals surface area contributed by atoms with E-state index in [0.29, 0.717) is 25.4 Å². The number of carbonyl (C=O) groups excluding carboxylic acids is 1. The molecule has 0 spiro atoms. The molecule has 146 valence electrons. The van der Waals surface area contributed by atoms with Gasteiger partial charge in [0.05, 0.1) is 0 Å². The number of amides is 1. The standard InChI is InChI=1S/C17H26N2O6S/c1-5-11(2)10-14(20)18-6-8-19(9-7-18)26(23,24)16-13(4)25-12(3)15(16)17(21)22/h11H,5-10H2,1-4H3,(H,21,22). The Bertz CT molecular complexity index is 790. The van der Waals surface area contributed by atoms with Gasteiger partial charge in [0, 0.05) is 32.6 Å². The highest BCUT2D eigenvalue weighted by Gasteiger charge is 2.37. The molecule has 0 saturated carbocycles. The molecule has 0 radical (unpaired) electrons. The van der Waals surface area contributed by atoms with Gasteiger partial charge in [-0.2, -0.15) is 4.31 Å². The molecule has 1 aromatic heterocycles. The number of hydrogen-bond acceptors (Lipinski definition) is 5. The first-order valence-corrected chi connectivity index (χ1v) is 10.1. The Morgan fingerprint density at radius 1 is 1.15 bits per heavy atom. The predicted octanol–water partition coefficient (Wildman–Crippen LogP) is 1.86. The lowest BCUT2D eigenvalue weighted by Gasteiger charge is -2.34. The van der Waals surface area contributed by atoms with E-state index in [1.807, 2.05) is 13.8 Å². The molecule has 1 fully saturated rings. The number of nitrogens with zero attached hydrogens (tertiary/aromatic N) is 2. The Morgan fingerprint density at radius 2 is 1.73 bits per heavy atom. The first kappa shape index (κ1) is 20.4. The highest BCUT2D eigenvalue weighted by Crippen LogP contribution is 2.30.